The molecule has 1 fully saturated rings. The molecule has 204 valence electrons. The van der Waals surface area contributed by atoms with Crippen LogP contribution in [0.25, 0.3) is 0 Å². The topological polar surface area (TPSA) is 76.1 Å². The normalized spacial score (nSPS) is 22.8. The van der Waals surface area contributed by atoms with Crippen LogP contribution in [0.3, 0.4) is 0 Å². The number of hydrogen-bond acceptors (Lipinski definition) is 5. The van der Waals surface area contributed by atoms with Gasteiger partial charge in [0.2, 0.25) is 5.91 Å². The van der Waals surface area contributed by atoms with E-state index in [0.29, 0.717) is 5.69 Å². The molecular formula is C32H37NO5Si. The number of hydrogen-bond donors (Lipinski definition) is 1. The van der Waals surface area contributed by atoms with Crippen molar-refractivity contribution >= 4 is 36.3 Å². The maximum atomic E-state index is 13.2. The van der Waals surface area contributed by atoms with E-state index in [-0.39, 0.29) is 36.8 Å². The zero-order chi connectivity index (χ0) is 27.8. The number of esters is 1. The Labute approximate surface area is 231 Å². The van der Waals surface area contributed by atoms with Crippen LogP contribution in [0.2, 0.25) is 5.04 Å². The summed E-state index contributed by atoms with van der Waals surface area (Å²) >= 11 is 0. The Morgan fingerprint density at radius 2 is 1.54 bits per heavy atom. The molecule has 6 nitrogen and oxygen atoms in total. The Balaban J connectivity index is 1.51. The lowest BCUT2D eigenvalue weighted by Crippen LogP contribution is -2.67. The molecule has 0 aliphatic carbocycles. The lowest BCUT2D eigenvalue weighted by molar-refractivity contribution is -0.146. The second kappa shape index (κ2) is 10.4. The number of amides is 1. The van der Waals surface area contributed by atoms with Gasteiger partial charge in [-0.3, -0.25) is 9.59 Å². The number of piperidine rings is 1. The molecule has 1 N–H and O–H groups in total. The van der Waals surface area contributed by atoms with E-state index in [1.807, 2.05) is 60.7 Å². The van der Waals surface area contributed by atoms with Gasteiger partial charge in [-0.25, -0.2) is 0 Å². The van der Waals surface area contributed by atoms with Crippen molar-refractivity contribution in [3.63, 3.8) is 0 Å². The van der Waals surface area contributed by atoms with Gasteiger partial charge in [0.15, 0.2) is 0 Å². The number of carbonyl (C=O) groups excluding carboxylic acids is 2. The predicted molar refractivity (Wildman–Crippen MR) is 155 cm³/mol. The monoisotopic (exact) mass is 543 g/mol. The van der Waals surface area contributed by atoms with E-state index in [1.54, 1.807) is 4.90 Å². The number of anilines is 1. The molecule has 0 radical (unpaired) electrons. The predicted octanol–water partition coefficient (Wildman–Crippen LogP) is 4.15. The highest BCUT2D eigenvalue weighted by Crippen LogP contribution is 2.50. The van der Waals surface area contributed by atoms with E-state index in [1.165, 1.54) is 7.11 Å². The standard InChI is InChI=1S/C32H37NO5Si/c1-31(2,3)39(23-13-7-5-8-14-23,24-15-9-6-10-16-24)38-22-21-32(36)20-19-27(34)33-26-18-12-11-17-25(26)28(29(32)33)30(35)37-4/h5-18,28-29,36H,19-22H2,1-4H3/t28-,29-,32-/m1/s1. The Bertz CT molecular complexity index is 1300. The van der Waals surface area contributed by atoms with Gasteiger partial charge in [0.1, 0.15) is 5.92 Å². The van der Waals surface area contributed by atoms with Gasteiger partial charge in [0.25, 0.3) is 8.32 Å². The van der Waals surface area contributed by atoms with Crippen LogP contribution in [0.1, 0.15) is 51.5 Å². The van der Waals surface area contributed by atoms with Gasteiger partial charge in [-0.15, -0.1) is 0 Å². The van der Waals surface area contributed by atoms with Crippen LogP contribution in [0.15, 0.2) is 84.9 Å². The highest BCUT2D eigenvalue weighted by atomic mass is 28.4. The van der Waals surface area contributed by atoms with Crippen LogP contribution in [-0.4, -0.2) is 50.7 Å². The van der Waals surface area contributed by atoms with Gasteiger partial charge in [-0.2, -0.15) is 0 Å². The van der Waals surface area contributed by atoms with Gasteiger partial charge >= 0.3 is 5.97 Å². The lowest BCUT2D eigenvalue weighted by atomic mass is 9.76. The summed E-state index contributed by atoms with van der Waals surface area (Å²) in [6.45, 7) is 6.94. The van der Waals surface area contributed by atoms with Gasteiger partial charge in [0, 0.05) is 25.1 Å². The Morgan fingerprint density at radius 3 is 2.10 bits per heavy atom. The van der Waals surface area contributed by atoms with Crippen molar-refractivity contribution in [3.8, 4) is 0 Å². The van der Waals surface area contributed by atoms with Crippen LogP contribution in [0, 0.1) is 0 Å². The minimum absolute atomic E-state index is 0.0866. The first-order chi connectivity index (χ1) is 18.6. The van der Waals surface area contributed by atoms with Crippen LogP contribution < -0.4 is 15.3 Å². The van der Waals surface area contributed by atoms with E-state index in [0.717, 1.165) is 15.9 Å². The number of carbonyl (C=O) groups is 2. The van der Waals surface area contributed by atoms with E-state index >= 15 is 0 Å². The van der Waals surface area contributed by atoms with Crippen molar-refractivity contribution in [2.45, 2.75) is 62.6 Å². The first-order valence-electron chi connectivity index (χ1n) is 13.6. The summed E-state index contributed by atoms with van der Waals surface area (Å²) in [6.07, 6.45) is 0.750. The van der Waals surface area contributed by atoms with Gasteiger partial charge < -0.3 is 19.2 Å². The van der Waals surface area contributed by atoms with Gasteiger partial charge in [-0.05, 0) is 33.5 Å². The number of para-hydroxylation sites is 1. The van der Waals surface area contributed by atoms with E-state index in [9.17, 15) is 14.7 Å². The molecule has 2 aliphatic rings. The molecule has 1 saturated heterocycles. The van der Waals surface area contributed by atoms with Crippen molar-refractivity contribution in [2.24, 2.45) is 0 Å². The number of nitrogens with zero attached hydrogens (tertiary/aromatic N) is 1. The summed E-state index contributed by atoms with van der Waals surface area (Å²) in [5.74, 6) is -1.29. The largest absolute Gasteiger partial charge is 0.468 e. The van der Waals surface area contributed by atoms with Gasteiger partial charge in [0.05, 0.1) is 18.8 Å². The molecule has 7 heteroatoms. The van der Waals surface area contributed by atoms with Crippen molar-refractivity contribution in [1.29, 1.82) is 0 Å². The third-order valence-corrected chi connectivity index (χ3v) is 13.5. The Morgan fingerprint density at radius 1 is 0.974 bits per heavy atom. The summed E-state index contributed by atoms with van der Waals surface area (Å²) in [5.41, 5.74) is 0.0711. The smallest absolute Gasteiger partial charge is 0.315 e. The molecule has 0 aromatic heterocycles. The minimum Gasteiger partial charge on any atom is -0.468 e. The van der Waals surface area contributed by atoms with Crippen LogP contribution in [0.5, 0.6) is 0 Å². The average Bonchev–Trinajstić information content (AvgIpc) is 3.30. The maximum absolute atomic E-state index is 13.2. The molecule has 2 heterocycles. The number of rotatable bonds is 7. The number of aliphatic hydroxyl groups is 1. The number of ether oxygens (including phenoxy) is 1. The molecule has 3 aromatic carbocycles. The average molecular weight is 544 g/mol. The first-order valence-corrected chi connectivity index (χ1v) is 15.5. The van der Waals surface area contributed by atoms with Crippen LogP contribution in [0.4, 0.5) is 5.69 Å². The molecule has 0 bridgehead atoms. The molecule has 0 saturated carbocycles. The highest BCUT2D eigenvalue weighted by Gasteiger charge is 2.58. The van der Waals surface area contributed by atoms with Crippen molar-refractivity contribution in [2.75, 3.05) is 18.6 Å². The second-order valence-electron chi connectivity index (χ2n) is 11.6. The van der Waals surface area contributed by atoms with E-state index in [4.69, 9.17) is 9.16 Å². The lowest BCUT2D eigenvalue weighted by Gasteiger charge is -2.47. The molecule has 0 unspecified atom stereocenters. The van der Waals surface area contributed by atoms with Crippen LogP contribution in [-0.2, 0) is 18.8 Å². The van der Waals surface area contributed by atoms with Crippen molar-refractivity contribution < 1.29 is 23.9 Å². The molecule has 3 atom stereocenters. The van der Waals surface area contributed by atoms with Crippen LogP contribution >= 0.6 is 0 Å². The Hall–Kier alpha value is -3.26. The SMILES string of the molecule is COC(=O)[C@@H]1c2ccccc2N2C(=O)CC[C@@](O)(CCO[Si](c3ccccc3)(c3ccccc3)C(C)(C)C)[C@@H]12. The van der Waals surface area contributed by atoms with Crippen molar-refractivity contribution in [3.05, 3.63) is 90.5 Å². The van der Waals surface area contributed by atoms with E-state index < -0.39 is 31.8 Å². The van der Waals surface area contributed by atoms with Crippen molar-refractivity contribution in [1.82, 2.24) is 0 Å². The van der Waals surface area contributed by atoms with Gasteiger partial charge in [-0.1, -0.05) is 99.6 Å². The fourth-order valence-electron chi connectivity index (χ4n) is 6.67. The summed E-state index contributed by atoms with van der Waals surface area (Å²) in [7, 11) is -1.46. The fraction of sp³-hybridized carbons (Fsp3) is 0.375. The molecule has 5 rings (SSSR count). The number of methoxy groups -OCH3 is 1. The first kappa shape index (κ1) is 27.3. The minimum atomic E-state index is -2.81. The molecule has 3 aromatic rings. The fourth-order valence-corrected chi connectivity index (χ4v) is 11.2. The second-order valence-corrected chi connectivity index (χ2v) is 15.9. The summed E-state index contributed by atoms with van der Waals surface area (Å²) in [4.78, 5) is 27.8. The Kier molecular flexibility index (Phi) is 7.26. The molecular weight excluding hydrogens is 506 g/mol. The molecule has 0 spiro atoms. The molecule has 2 aliphatic heterocycles. The molecule has 39 heavy (non-hydrogen) atoms. The third-order valence-electron chi connectivity index (χ3n) is 8.44. The van der Waals surface area contributed by atoms with E-state index in [2.05, 4.69) is 45.0 Å². The summed E-state index contributed by atoms with van der Waals surface area (Å²) in [6, 6.07) is 27.4. The summed E-state index contributed by atoms with van der Waals surface area (Å²) in [5, 5.41) is 14.3. The third kappa shape index (κ3) is 4.52. The highest BCUT2D eigenvalue weighted by molar-refractivity contribution is 6.99. The molecule has 1 amide bonds. The quantitative estimate of drug-likeness (QED) is 0.358. The maximum Gasteiger partial charge on any atom is 0.315 e. The summed E-state index contributed by atoms with van der Waals surface area (Å²) < 4.78 is 12.2. The number of benzene rings is 3. The zero-order valence-corrected chi connectivity index (χ0v) is 24.1. The number of fused-ring (bicyclic) bond motifs is 3. The zero-order valence-electron chi connectivity index (χ0n) is 23.1.